The van der Waals surface area contributed by atoms with Crippen LogP contribution in [0.3, 0.4) is 0 Å². The molecule has 0 aromatic carbocycles. The summed E-state index contributed by atoms with van der Waals surface area (Å²) in [5, 5.41) is 0. The summed E-state index contributed by atoms with van der Waals surface area (Å²) in [4.78, 5) is 32.5. The Morgan fingerprint density at radius 2 is 1.26 bits per heavy atom. The quantitative estimate of drug-likeness (QED) is 0.277. The summed E-state index contributed by atoms with van der Waals surface area (Å²) in [6, 6.07) is 0. The molecule has 0 aliphatic heterocycles. The molecule has 23 heavy (non-hydrogen) atoms. The van der Waals surface area contributed by atoms with E-state index in [4.69, 9.17) is 18.5 Å². The molecule has 0 saturated carbocycles. The summed E-state index contributed by atoms with van der Waals surface area (Å²) in [5.74, 6) is -1.53. The summed E-state index contributed by atoms with van der Waals surface area (Å²) >= 11 is 0. The van der Waals surface area contributed by atoms with Crippen molar-refractivity contribution < 1.29 is 37.6 Å². The predicted octanol–water partition coefficient (Wildman–Crippen LogP) is 2.83. The van der Waals surface area contributed by atoms with Crippen LogP contribution in [0.2, 0.25) is 0 Å². The lowest BCUT2D eigenvalue weighted by molar-refractivity contribution is -0.169. The van der Waals surface area contributed by atoms with Gasteiger partial charge in [0.2, 0.25) is 12.6 Å². The molecule has 0 rings (SSSR count). The van der Waals surface area contributed by atoms with E-state index in [1.807, 2.05) is 0 Å². The molecule has 1 N–H and O–H groups in total. The third-order valence-electron chi connectivity index (χ3n) is 2.34. The Morgan fingerprint density at radius 1 is 0.957 bits per heavy atom. The first-order valence-corrected chi connectivity index (χ1v) is 8.44. The molecule has 2 atom stereocenters. The molecule has 2 unspecified atom stereocenters. The van der Waals surface area contributed by atoms with Crippen LogP contribution < -0.4 is 0 Å². The monoisotopic (exact) mass is 350 g/mol. The SMILES string of the molecule is C=C(C)C(=O)OC(CC)OP(=O)(O)OC(CC)OC(=O)C(=C)C. The average molecular weight is 350 g/mol. The lowest BCUT2D eigenvalue weighted by Crippen LogP contribution is -2.24. The molecule has 0 saturated heterocycles. The van der Waals surface area contributed by atoms with Gasteiger partial charge in [-0.15, -0.1) is 0 Å². The van der Waals surface area contributed by atoms with Crippen molar-refractivity contribution in [2.75, 3.05) is 0 Å². The number of hydrogen-bond acceptors (Lipinski definition) is 7. The van der Waals surface area contributed by atoms with Crippen molar-refractivity contribution in [2.45, 2.75) is 53.1 Å². The zero-order valence-corrected chi connectivity index (χ0v) is 14.6. The van der Waals surface area contributed by atoms with E-state index in [2.05, 4.69) is 13.2 Å². The number of esters is 2. The Labute approximate surface area is 135 Å². The van der Waals surface area contributed by atoms with E-state index in [0.29, 0.717) is 0 Å². The molecule has 0 spiro atoms. The first kappa shape index (κ1) is 21.5. The summed E-state index contributed by atoms with van der Waals surface area (Å²) in [6.07, 6.45) is -2.39. The maximum atomic E-state index is 11.9. The van der Waals surface area contributed by atoms with Gasteiger partial charge in [-0.05, 0) is 13.8 Å². The number of phosphoric ester groups is 1. The molecular weight excluding hydrogens is 327 g/mol. The molecule has 8 nitrogen and oxygen atoms in total. The van der Waals surface area contributed by atoms with Crippen molar-refractivity contribution in [3.05, 3.63) is 24.3 Å². The largest absolute Gasteiger partial charge is 0.478 e. The average Bonchev–Trinajstić information content (AvgIpc) is 2.44. The summed E-state index contributed by atoms with van der Waals surface area (Å²) in [6.45, 7) is 12.8. The summed E-state index contributed by atoms with van der Waals surface area (Å²) in [7, 11) is -4.62. The van der Waals surface area contributed by atoms with Crippen molar-refractivity contribution in [3.63, 3.8) is 0 Å². The van der Waals surface area contributed by atoms with Gasteiger partial charge in [0.05, 0.1) is 0 Å². The molecule has 0 aromatic heterocycles. The zero-order chi connectivity index (χ0) is 18.2. The number of carbonyl (C=O) groups is 2. The maximum absolute atomic E-state index is 11.9. The van der Waals surface area contributed by atoms with Gasteiger partial charge in [-0.1, -0.05) is 27.0 Å². The van der Waals surface area contributed by atoms with Gasteiger partial charge in [-0.25, -0.2) is 23.2 Å². The highest BCUT2D eigenvalue weighted by Crippen LogP contribution is 2.47. The Balaban J connectivity index is 4.78. The Hall–Kier alpha value is -1.47. The minimum absolute atomic E-state index is 0.106. The Bertz CT molecular complexity index is 471. The van der Waals surface area contributed by atoms with E-state index in [1.54, 1.807) is 13.8 Å². The fourth-order valence-electron chi connectivity index (χ4n) is 1.12. The molecular formula is C14H23O8P. The second kappa shape index (κ2) is 9.62. The molecule has 0 aliphatic carbocycles. The highest BCUT2D eigenvalue weighted by molar-refractivity contribution is 7.47. The van der Waals surface area contributed by atoms with Crippen LogP contribution in [0.4, 0.5) is 0 Å². The smallest absolute Gasteiger partial charge is 0.432 e. The highest BCUT2D eigenvalue weighted by atomic mass is 31.2. The molecule has 0 amide bonds. The van der Waals surface area contributed by atoms with Crippen LogP contribution in [0.1, 0.15) is 40.5 Å². The third kappa shape index (κ3) is 8.66. The van der Waals surface area contributed by atoms with Crippen molar-refractivity contribution in [2.24, 2.45) is 0 Å². The minimum atomic E-state index is -4.62. The van der Waals surface area contributed by atoms with E-state index in [9.17, 15) is 19.0 Å². The number of ether oxygens (including phenoxy) is 2. The fourth-order valence-corrected chi connectivity index (χ4v) is 2.15. The van der Waals surface area contributed by atoms with Crippen LogP contribution >= 0.6 is 7.82 Å². The Morgan fingerprint density at radius 3 is 1.48 bits per heavy atom. The van der Waals surface area contributed by atoms with Crippen molar-refractivity contribution in [1.82, 2.24) is 0 Å². The van der Waals surface area contributed by atoms with Crippen LogP contribution in [-0.2, 0) is 32.7 Å². The topological polar surface area (TPSA) is 108 Å². The molecule has 9 heteroatoms. The lowest BCUT2D eigenvalue weighted by atomic mass is 10.3. The number of carbonyl (C=O) groups excluding carboxylic acids is 2. The van der Waals surface area contributed by atoms with E-state index in [0.717, 1.165) is 0 Å². The normalized spacial score (nSPS) is 15.9. The molecule has 0 aromatic rings. The van der Waals surface area contributed by atoms with Gasteiger partial charge in [0.15, 0.2) is 0 Å². The van der Waals surface area contributed by atoms with Gasteiger partial charge < -0.3 is 14.4 Å². The van der Waals surface area contributed by atoms with Crippen LogP contribution in [0.25, 0.3) is 0 Å². The molecule has 0 heterocycles. The van der Waals surface area contributed by atoms with Crippen molar-refractivity contribution in [1.29, 1.82) is 0 Å². The second-order valence-electron chi connectivity index (χ2n) is 4.73. The predicted molar refractivity (Wildman–Crippen MR) is 82.0 cm³/mol. The summed E-state index contributed by atoms with van der Waals surface area (Å²) < 4.78 is 31.2. The summed E-state index contributed by atoms with van der Waals surface area (Å²) in [5.41, 5.74) is 0.227. The number of phosphoric acid groups is 1. The zero-order valence-electron chi connectivity index (χ0n) is 13.7. The molecule has 0 fully saturated rings. The second-order valence-corrected chi connectivity index (χ2v) is 6.09. The number of rotatable bonds is 10. The standard InChI is InChI=1S/C14H23O8P/c1-7-11(19-13(15)9(3)4)21-23(17,18)22-12(8-2)20-14(16)10(5)6/h11-12H,3,5,7-8H2,1-2,4,6H3,(H,17,18). The van der Waals surface area contributed by atoms with E-state index in [-0.39, 0.29) is 24.0 Å². The Kier molecular flexibility index (Phi) is 9.01. The van der Waals surface area contributed by atoms with Crippen LogP contribution in [0, 0.1) is 0 Å². The van der Waals surface area contributed by atoms with Crippen LogP contribution in [0.5, 0.6) is 0 Å². The molecule has 0 aliphatic rings. The highest BCUT2D eigenvalue weighted by Gasteiger charge is 2.32. The van der Waals surface area contributed by atoms with Gasteiger partial charge in [0, 0.05) is 24.0 Å². The van der Waals surface area contributed by atoms with Gasteiger partial charge >= 0.3 is 19.8 Å². The lowest BCUT2D eigenvalue weighted by Gasteiger charge is -2.23. The number of hydrogen-bond donors (Lipinski definition) is 1. The molecule has 0 radical (unpaired) electrons. The fraction of sp³-hybridized carbons (Fsp3) is 0.571. The first-order chi connectivity index (χ1) is 10.5. The van der Waals surface area contributed by atoms with Crippen molar-refractivity contribution in [3.8, 4) is 0 Å². The molecule has 132 valence electrons. The van der Waals surface area contributed by atoms with Crippen LogP contribution in [-0.4, -0.2) is 29.4 Å². The maximum Gasteiger partial charge on any atom is 0.478 e. The van der Waals surface area contributed by atoms with E-state index >= 15 is 0 Å². The van der Waals surface area contributed by atoms with Crippen LogP contribution in [0.15, 0.2) is 24.3 Å². The van der Waals surface area contributed by atoms with Gasteiger partial charge in [-0.2, -0.15) is 0 Å². The van der Waals surface area contributed by atoms with Gasteiger partial charge in [-0.3, -0.25) is 0 Å². The van der Waals surface area contributed by atoms with Crippen molar-refractivity contribution >= 4 is 19.8 Å². The molecule has 0 bridgehead atoms. The van der Waals surface area contributed by atoms with Gasteiger partial charge in [0.1, 0.15) is 0 Å². The van der Waals surface area contributed by atoms with E-state index < -0.39 is 32.3 Å². The minimum Gasteiger partial charge on any atom is -0.432 e. The third-order valence-corrected chi connectivity index (χ3v) is 3.35. The first-order valence-electron chi connectivity index (χ1n) is 6.94. The van der Waals surface area contributed by atoms with E-state index in [1.165, 1.54) is 13.8 Å². The van der Waals surface area contributed by atoms with Gasteiger partial charge in [0.25, 0.3) is 0 Å².